The predicted molar refractivity (Wildman–Crippen MR) is 58.5 cm³/mol. The molecule has 1 nitrogen and oxygen atoms in total. The minimum Gasteiger partial charge on any atom is -0.377 e. The first-order chi connectivity index (χ1) is 6.08. The smallest absolute Gasteiger partial charge is 0.0187 e. The topological polar surface area (TPSA) is 3.24 Å². The van der Waals surface area contributed by atoms with E-state index in [9.17, 15) is 0 Å². The van der Waals surface area contributed by atoms with Gasteiger partial charge in [0.2, 0.25) is 0 Å². The molecule has 74 valence electrons. The zero-order valence-electron chi connectivity index (χ0n) is 9.30. The number of hydrogen-bond acceptors (Lipinski definition) is 1. The number of nitrogens with zero attached hydrogens (tertiary/aromatic N) is 1. The van der Waals surface area contributed by atoms with Gasteiger partial charge in [0, 0.05) is 24.7 Å². The zero-order valence-corrected chi connectivity index (χ0v) is 9.30. The fourth-order valence-corrected chi connectivity index (χ4v) is 2.06. The van der Waals surface area contributed by atoms with E-state index in [1.165, 1.54) is 25.1 Å². The third kappa shape index (κ3) is 2.36. The lowest BCUT2D eigenvalue weighted by Crippen LogP contribution is -2.35. The Morgan fingerprint density at radius 3 is 2.62 bits per heavy atom. The standard InChI is InChI=1S/C12H21N/c1-5-6-8-11-12(2,3)9-7-10-13(11)4/h5-6,8H,7,9-10H2,1-4H3/b6-5-,11-8+. The summed E-state index contributed by atoms with van der Waals surface area (Å²) in [5, 5.41) is 0. The Morgan fingerprint density at radius 1 is 1.38 bits per heavy atom. The van der Waals surface area contributed by atoms with Gasteiger partial charge in [0.15, 0.2) is 0 Å². The van der Waals surface area contributed by atoms with Crippen LogP contribution < -0.4 is 0 Å². The van der Waals surface area contributed by atoms with E-state index < -0.39 is 0 Å². The van der Waals surface area contributed by atoms with Crippen LogP contribution >= 0.6 is 0 Å². The van der Waals surface area contributed by atoms with Crippen molar-refractivity contribution in [3.63, 3.8) is 0 Å². The summed E-state index contributed by atoms with van der Waals surface area (Å²) in [7, 11) is 2.19. The Labute approximate surface area is 82.1 Å². The van der Waals surface area contributed by atoms with Crippen LogP contribution in [0.2, 0.25) is 0 Å². The first-order valence-electron chi connectivity index (χ1n) is 5.12. The highest BCUT2D eigenvalue weighted by Gasteiger charge is 2.29. The van der Waals surface area contributed by atoms with Gasteiger partial charge in [0.25, 0.3) is 0 Å². The minimum atomic E-state index is 0.354. The van der Waals surface area contributed by atoms with Gasteiger partial charge >= 0.3 is 0 Å². The molecule has 0 aromatic rings. The molecule has 0 aliphatic carbocycles. The molecule has 0 saturated carbocycles. The Hall–Kier alpha value is -0.720. The molecule has 1 saturated heterocycles. The molecule has 0 unspecified atom stereocenters. The first-order valence-corrected chi connectivity index (χ1v) is 5.12. The quantitative estimate of drug-likeness (QED) is 0.597. The summed E-state index contributed by atoms with van der Waals surface area (Å²) in [5.74, 6) is 0. The van der Waals surface area contributed by atoms with Crippen molar-refractivity contribution in [3.05, 3.63) is 23.9 Å². The van der Waals surface area contributed by atoms with E-state index in [1.807, 2.05) is 0 Å². The lowest BCUT2D eigenvalue weighted by atomic mass is 9.80. The highest BCUT2D eigenvalue weighted by molar-refractivity contribution is 5.19. The normalized spacial score (nSPS) is 25.8. The van der Waals surface area contributed by atoms with Gasteiger partial charge < -0.3 is 4.90 Å². The molecule has 1 aliphatic heterocycles. The van der Waals surface area contributed by atoms with Gasteiger partial charge in [-0.15, -0.1) is 0 Å². The molecule has 0 spiro atoms. The highest BCUT2D eigenvalue weighted by atomic mass is 15.1. The molecule has 0 radical (unpaired) electrons. The van der Waals surface area contributed by atoms with Gasteiger partial charge in [-0.1, -0.05) is 26.0 Å². The van der Waals surface area contributed by atoms with Gasteiger partial charge in [-0.3, -0.25) is 0 Å². The van der Waals surface area contributed by atoms with Gasteiger partial charge in [-0.2, -0.15) is 0 Å². The van der Waals surface area contributed by atoms with Crippen molar-refractivity contribution < 1.29 is 0 Å². The third-order valence-corrected chi connectivity index (χ3v) is 2.85. The number of rotatable bonds is 1. The number of allylic oxidation sites excluding steroid dienone is 4. The summed E-state index contributed by atoms with van der Waals surface area (Å²) >= 11 is 0. The minimum absolute atomic E-state index is 0.354. The molecule has 0 N–H and O–H groups in total. The van der Waals surface area contributed by atoms with Crippen LogP contribution in [0.4, 0.5) is 0 Å². The van der Waals surface area contributed by atoms with Crippen molar-refractivity contribution >= 4 is 0 Å². The average Bonchev–Trinajstić information content (AvgIpc) is 2.02. The number of hydrogen-bond donors (Lipinski definition) is 0. The average molecular weight is 179 g/mol. The Kier molecular flexibility index (Phi) is 3.18. The van der Waals surface area contributed by atoms with Crippen molar-refractivity contribution in [2.75, 3.05) is 13.6 Å². The maximum absolute atomic E-state index is 2.38. The second-order valence-corrected chi connectivity index (χ2v) is 4.49. The lowest BCUT2D eigenvalue weighted by molar-refractivity contribution is 0.214. The van der Waals surface area contributed by atoms with Gasteiger partial charge in [-0.25, -0.2) is 0 Å². The number of piperidine rings is 1. The Balaban J connectivity index is 2.86. The van der Waals surface area contributed by atoms with Crippen molar-refractivity contribution in [1.29, 1.82) is 0 Å². The van der Waals surface area contributed by atoms with Crippen molar-refractivity contribution in [2.24, 2.45) is 5.41 Å². The van der Waals surface area contributed by atoms with E-state index in [-0.39, 0.29) is 0 Å². The summed E-state index contributed by atoms with van der Waals surface area (Å²) in [6, 6.07) is 0. The van der Waals surface area contributed by atoms with Crippen LogP contribution in [0, 0.1) is 5.41 Å². The van der Waals surface area contributed by atoms with Crippen molar-refractivity contribution in [1.82, 2.24) is 4.90 Å². The van der Waals surface area contributed by atoms with E-state index in [0.717, 1.165) is 0 Å². The summed E-state index contributed by atoms with van der Waals surface area (Å²) < 4.78 is 0. The maximum atomic E-state index is 2.38. The predicted octanol–water partition coefficient (Wildman–Crippen LogP) is 3.20. The van der Waals surface area contributed by atoms with Crippen LogP contribution in [0.25, 0.3) is 0 Å². The SMILES string of the molecule is C/C=C\C=C1\N(C)CCCC1(C)C. The van der Waals surface area contributed by atoms with Crippen LogP contribution in [0.1, 0.15) is 33.6 Å². The van der Waals surface area contributed by atoms with Crippen LogP contribution in [-0.4, -0.2) is 18.5 Å². The molecule has 0 amide bonds. The summed E-state index contributed by atoms with van der Waals surface area (Å²) in [4.78, 5) is 2.38. The summed E-state index contributed by atoms with van der Waals surface area (Å²) in [6.45, 7) is 7.93. The molecule has 1 fully saturated rings. The summed E-state index contributed by atoms with van der Waals surface area (Å²) in [6.07, 6.45) is 9.10. The van der Waals surface area contributed by atoms with E-state index in [4.69, 9.17) is 0 Å². The Bertz CT molecular complexity index is 223. The van der Waals surface area contributed by atoms with E-state index >= 15 is 0 Å². The van der Waals surface area contributed by atoms with E-state index in [1.54, 1.807) is 0 Å². The van der Waals surface area contributed by atoms with Crippen LogP contribution in [-0.2, 0) is 0 Å². The zero-order chi connectivity index (χ0) is 9.90. The van der Waals surface area contributed by atoms with Crippen LogP contribution in [0.15, 0.2) is 23.9 Å². The molecule has 1 aliphatic rings. The van der Waals surface area contributed by atoms with Crippen molar-refractivity contribution in [3.8, 4) is 0 Å². The molecule has 0 aromatic carbocycles. The van der Waals surface area contributed by atoms with E-state index in [2.05, 4.69) is 50.9 Å². The molecule has 0 aromatic heterocycles. The molecule has 0 bridgehead atoms. The molecular formula is C12H21N. The molecule has 1 heterocycles. The highest BCUT2D eigenvalue weighted by Crippen LogP contribution is 2.37. The van der Waals surface area contributed by atoms with Gasteiger partial charge in [-0.05, 0) is 25.8 Å². The molecule has 1 heteroatoms. The summed E-state index contributed by atoms with van der Waals surface area (Å²) in [5.41, 5.74) is 1.82. The van der Waals surface area contributed by atoms with Gasteiger partial charge in [0.05, 0.1) is 0 Å². The third-order valence-electron chi connectivity index (χ3n) is 2.85. The monoisotopic (exact) mass is 179 g/mol. The Morgan fingerprint density at radius 2 is 2.08 bits per heavy atom. The largest absolute Gasteiger partial charge is 0.377 e. The molecule has 13 heavy (non-hydrogen) atoms. The van der Waals surface area contributed by atoms with Crippen LogP contribution in [0.3, 0.4) is 0 Å². The van der Waals surface area contributed by atoms with E-state index in [0.29, 0.717) is 5.41 Å². The second kappa shape index (κ2) is 3.99. The van der Waals surface area contributed by atoms with Crippen LogP contribution in [0.5, 0.6) is 0 Å². The molecule has 0 atom stereocenters. The molecular weight excluding hydrogens is 158 g/mol. The number of likely N-dealkylation sites (tertiary alicyclic amines) is 1. The van der Waals surface area contributed by atoms with Crippen molar-refractivity contribution in [2.45, 2.75) is 33.6 Å². The first kappa shape index (κ1) is 10.4. The molecule has 1 rings (SSSR count). The fraction of sp³-hybridized carbons (Fsp3) is 0.667. The fourth-order valence-electron chi connectivity index (χ4n) is 2.06. The second-order valence-electron chi connectivity index (χ2n) is 4.49. The lowest BCUT2D eigenvalue weighted by Gasteiger charge is -2.40. The maximum Gasteiger partial charge on any atom is 0.0187 e. The van der Waals surface area contributed by atoms with Gasteiger partial charge in [0.1, 0.15) is 0 Å².